The average molecular weight is 250 g/mol. The molecule has 1 aliphatic heterocycles. The molecule has 0 spiro atoms. The molecule has 1 aliphatic rings. The molecule has 1 fully saturated rings. The van der Waals surface area contributed by atoms with Crippen LogP contribution in [0.15, 0.2) is 0 Å². The lowest BCUT2D eigenvalue weighted by atomic mass is 9.98. The minimum Gasteiger partial charge on any atom is -0.390 e. The van der Waals surface area contributed by atoms with Gasteiger partial charge >= 0.3 is 0 Å². The zero-order valence-corrected chi connectivity index (χ0v) is 10.7. The molecule has 0 amide bonds. The van der Waals surface area contributed by atoms with E-state index < -0.39 is 15.6 Å². The molecule has 3 N–H and O–H groups in total. The molecule has 0 aromatic rings. The Balaban J connectivity index is 2.60. The van der Waals surface area contributed by atoms with Crippen LogP contribution in [0, 0.1) is 0 Å². The van der Waals surface area contributed by atoms with Crippen LogP contribution in [-0.2, 0) is 10.0 Å². The summed E-state index contributed by atoms with van der Waals surface area (Å²) in [5.74, 6) is 0.117. The van der Waals surface area contributed by atoms with Crippen molar-refractivity contribution in [1.29, 1.82) is 0 Å². The predicted octanol–water partition coefficient (Wildman–Crippen LogP) is -0.0981. The van der Waals surface area contributed by atoms with Gasteiger partial charge < -0.3 is 10.8 Å². The van der Waals surface area contributed by atoms with Gasteiger partial charge in [0.2, 0.25) is 10.0 Å². The van der Waals surface area contributed by atoms with E-state index in [1.807, 2.05) is 0 Å². The Bertz CT molecular complexity index is 314. The molecular weight excluding hydrogens is 228 g/mol. The van der Waals surface area contributed by atoms with E-state index in [0.29, 0.717) is 38.9 Å². The van der Waals surface area contributed by atoms with Crippen LogP contribution in [0.4, 0.5) is 0 Å². The Morgan fingerprint density at radius 2 is 2.06 bits per heavy atom. The van der Waals surface area contributed by atoms with Crippen LogP contribution in [0.3, 0.4) is 0 Å². The Hall–Kier alpha value is -0.170. The lowest BCUT2D eigenvalue weighted by molar-refractivity contribution is 0.0465. The molecule has 1 rings (SSSR count). The van der Waals surface area contributed by atoms with E-state index >= 15 is 0 Å². The average Bonchev–Trinajstić information content (AvgIpc) is 2.36. The number of hydrogen-bond acceptors (Lipinski definition) is 4. The summed E-state index contributed by atoms with van der Waals surface area (Å²) in [7, 11) is -3.18. The molecule has 0 aromatic heterocycles. The van der Waals surface area contributed by atoms with Crippen molar-refractivity contribution in [3.63, 3.8) is 0 Å². The summed E-state index contributed by atoms with van der Waals surface area (Å²) in [4.78, 5) is 0. The molecule has 1 heterocycles. The maximum atomic E-state index is 11.9. The van der Waals surface area contributed by atoms with Gasteiger partial charge in [0, 0.05) is 13.1 Å². The number of sulfonamides is 1. The van der Waals surface area contributed by atoms with Crippen molar-refractivity contribution in [2.45, 2.75) is 38.2 Å². The van der Waals surface area contributed by atoms with Crippen molar-refractivity contribution in [3.8, 4) is 0 Å². The first-order valence-corrected chi connectivity index (χ1v) is 7.39. The van der Waals surface area contributed by atoms with E-state index in [2.05, 4.69) is 0 Å². The SMILES string of the molecule is CC1(O)CCCN(S(=O)(=O)CCCN)CC1. The summed E-state index contributed by atoms with van der Waals surface area (Å²) in [6.07, 6.45) is 2.38. The van der Waals surface area contributed by atoms with Crippen LogP contribution in [0.1, 0.15) is 32.6 Å². The molecule has 0 aromatic carbocycles. The van der Waals surface area contributed by atoms with Gasteiger partial charge in [-0.15, -0.1) is 0 Å². The van der Waals surface area contributed by atoms with Crippen molar-refractivity contribution in [3.05, 3.63) is 0 Å². The zero-order valence-electron chi connectivity index (χ0n) is 9.85. The molecule has 16 heavy (non-hydrogen) atoms. The van der Waals surface area contributed by atoms with Crippen molar-refractivity contribution in [1.82, 2.24) is 4.31 Å². The molecule has 0 saturated carbocycles. The molecule has 1 atom stereocenters. The van der Waals surface area contributed by atoms with E-state index in [1.165, 1.54) is 4.31 Å². The second kappa shape index (κ2) is 5.44. The van der Waals surface area contributed by atoms with E-state index in [0.717, 1.165) is 6.42 Å². The second-order valence-corrected chi connectivity index (χ2v) is 6.80. The Kier molecular flexibility index (Phi) is 4.73. The normalized spacial score (nSPS) is 28.9. The van der Waals surface area contributed by atoms with Gasteiger partial charge in [0.1, 0.15) is 0 Å². The van der Waals surface area contributed by atoms with Crippen LogP contribution in [0.5, 0.6) is 0 Å². The topological polar surface area (TPSA) is 83.6 Å². The lowest BCUT2D eigenvalue weighted by Crippen LogP contribution is -2.35. The Morgan fingerprint density at radius 1 is 1.38 bits per heavy atom. The first kappa shape index (κ1) is 13.9. The van der Waals surface area contributed by atoms with Gasteiger partial charge in [-0.3, -0.25) is 0 Å². The van der Waals surface area contributed by atoms with Gasteiger partial charge in [-0.1, -0.05) is 0 Å². The van der Waals surface area contributed by atoms with Crippen molar-refractivity contribution in [2.75, 3.05) is 25.4 Å². The van der Waals surface area contributed by atoms with Gasteiger partial charge in [-0.05, 0) is 39.2 Å². The van der Waals surface area contributed by atoms with Crippen molar-refractivity contribution in [2.24, 2.45) is 5.73 Å². The first-order chi connectivity index (χ1) is 7.37. The van der Waals surface area contributed by atoms with Crippen LogP contribution in [-0.4, -0.2) is 48.8 Å². The fourth-order valence-corrected chi connectivity index (χ4v) is 3.48. The highest BCUT2D eigenvalue weighted by molar-refractivity contribution is 7.89. The maximum absolute atomic E-state index is 11.9. The summed E-state index contributed by atoms with van der Waals surface area (Å²) >= 11 is 0. The number of rotatable bonds is 4. The largest absolute Gasteiger partial charge is 0.390 e. The van der Waals surface area contributed by atoms with Crippen LogP contribution >= 0.6 is 0 Å². The third-order valence-corrected chi connectivity index (χ3v) is 4.98. The molecule has 0 radical (unpaired) electrons. The smallest absolute Gasteiger partial charge is 0.214 e. The van der Waals surface area contributed by atoms with Gasteiger partial charge in [0.25, 0.3) is 0 Å². The number of hydrogen-bond donors (Lipinski definition) is 2. The maximum Gasteiger partial charge on any atom is 0.214 e. The Labute approximate surface area is 97.7 Å². The third-order valence-electron chi connectivity index (χ3n) is 3.02. The highest BCUT2D eigenvalue weighted by Gasteiger charge is 2.29. The van der Waals surface area contributed by atoms with E-state index in [1.54, 1.807) is 6.92 Å². The molecule has 0 aliphatic carbocycles. The molecule has 1 saturated heterocycles. The third kappa shape index (κ3) is 4.01. The number of nitrogens with two attached hydrogens (primary N) is 1. The quantitative estimate of drug-likeness (QED) is 0.730. The fourth-order valence-electron chi connectivity index (χ4n) is 1.91. The molecule has 96 valence electrons. The fraction of sp³-hybridized carbons (Fsp3) is 1.00. The highest BCUT2D eigenvalue weighted by atomic mass is 32.2. The summed E-state index contributed by atoms with van der Waals surface area (Å²) in [5.41, 5.74) is 4.59. The minimum atomic E-state index is -3.18. The van der Waals surface area contributed by atoms with Crippen molar-refractivity contribution < 1.29 is 13.5 Å². The molecule has 5 nitrogen and oxygen atoms in total. The van der Waals surface area contributed by atoms with Gasteiger partial charge in [0.15, 0.2) is 0 Å². The number of nitrogens with zero attached hydrogens (tertiary/aromatic N) is 1. The summed E-state index contributed by atoms with van der Waals surface area (Å²) in [6, 6.07) is 0. The van der Waals surface area contributed by atoms with E-state index in [-0.39, 0.29) is 5.75 Å². The Morgan fingerprint density at radius 3 is 2.69 bits per heavy atom. The van der Waals surface area contributed by atoms with Crippen LogP contribution in [0.25, 0.3) is 0 Å². The molecule has 6 heteroatoms. The minimum absolute atomic E-state index is 0.117. The van der Waals surface area contributed by atoms with Crippen LogP contribution in [0.2, 0.25) is 0 Å². The predicted molar refractivity (Wildman–Crippen MR) is 63.5 cm³/mol. The van der Waals surface area contributed by atoms with Gasteiger partial charge in [-0.2, -0.15) is 0 Å². The van der Waals surface area contributed by atoms with E-state index in [9.17, 15) is 13.5 Å². The van der Waals surface area contributed by atoms with Crippen molar-refractivity contribution >= 4 is 10.0 Å². The van der Waals surface area contributed by atoms with Gasteiger partial charge in [-0.25, -0.2) is 12.7 Å². The summed E-state index contributed by atoms with van der Waals surface area (Å²) in [5, 5.41) is 9.87. The highest BCUT2D eigenvalue weighted by Crippen LogP contribution is 2.23. The monoisotopic (exact) mass is 250 g/mol. The van der Waals surface area contributed by atoms with Gasteiger partial charge in [0.05, 0.1) is 11.4 Å². The summed E-state index contributed by atoms with van der Waals surface area (Å²) < 4.78 is 25.3. The van der Waals surface area contributed by atoms with Crippen LogP contribution < -0.4 is 5.73 Å². The lowest BCUT2D eigenvalue weighted by Gasteiger charge is -2.22. The first-order valence-electron chi connectivity index (χ1n) is 5.78. The summed E-state index contributed by atoms with van der Waals surface area (Å²) in [6.45, 7) is 3.09. The molecule has 1 unspecified atom stereocenters. The molecular formula is C10H22N2O3S. The molecule has 0 bridgehead atoms. The van der Waals surface area contributed by atoms with E-state index in [4.69, 9.17) is 5.73 Å². The zero-order chi connectivity index (χ0) is 12.2. The second-order valence-electron chi connectivity index (χ2n) is 4.71. The number of aliphatic hydroxyl groups is 1. The standard InChI is InChI=1S/C10H22N2O3S/c1-10(13)4-2-7-12(8-5-10)16(14,15)9-3-6-11/h13H,2-9,11H2,1H3.